The van der Waals surface area contributed by atoms with Gasteiger partial charge in [0.05, 0.1) is 0 Å². The van der Waals surface area contributed by atoms with Crippen molar-refractivity contribution >= 4 is 16.5 Å². The lowest BCUT2D eigenvalue weighted by Gasteiger charge is -2.31. The Bertz CT molecular complexity index is 594. The molecule has 0 bridgehead atoms. The molecular formula is C14H13N3. The average molecular weight is 223 g/mol. The summed E-state index contributed by atoms with van der Waals surface area (Å²) in [5.41, 5.74) is 0.681. The van der Waals surface area contributed by atoms with Crippen LogP contribution in [-0.4, -0.2) is 10.6 Å². The summed E-state index contributed by atoms with van der Waals surface area (Å²) < 4.78 is 0. The van der Waals surface area contributed by atoms with Crippen molar-refractivity contribution in [3.8, 4) is 0 Å². The molecule has 1 saturated carbocycles. The number of anilines is 1. The van der Waals surface area contributed by atoms with E-state index in [2.05, 4.69) is 21.2 Å². The maximum Gasteiger partial charge on any atom is 0.305 e. The minimum Gasteiger partial charge on any atom is -0.314 e. The van der Waals surface area contributed by atoms with E-state index in [9.17, 15) is 0 Å². The van der Waals surface area contributed by atoms with E-state index in [1.807, 2.05) is 24.4 Å². The summed E-state index contributed by atoms with van der Waals surface area (Å²) in [7, 11) is 0. The maximum absolute atomic E-state index is 7.27. The second kappa shape index (κ2) is 3.74. The number of aromatic nitrogens is 1. The summed E-state index contributed by atoms with van der Waals surface area (Å²) in [5, 5.41) is 5.64. The first-order valence-electron chi connectivity index (χ1n) is 5.82. The minimum atomic E-state index is -0.347. The van der Waals surface area contributed by atoms with Gasteiger partial charge in [0.1, 0.15) is 0 Å². The third-order valence-corrected chi connectivity index (χ3v) is 3.41. The fourth-order valence-corrected chi connectivity index (χ4v) is 2.21. The van der Waals surface area contributed by atoms with E-state index in [1.165, 1.54) is 0 Å². The summed E-state index contributed by atoms with van der Waals surface area (Å²) in [4.78, 5) is 7.82. The van der Waals surface area contributed by atoms with Crippen LogP contribution >= 0.6 is 0 Å². The lowest BCUT2D eigenvalue weighted by molar-refractivity contribution is 0.343. The van der Waals surface area contributed by atoms with Crippen molar-refractivity contribution < 1.29 is 0 Å². The van der Waals surface area contributed by atoms with E-state index in [0.717, 1.165) is 35.7 Å². The van der Waals surface area contributed by atoms with Crippen molar-refractivity contribution in [3.63, 3.8) is 0 Å². The molecule has 3 heteroatoms. The average Bonchev–Trinajstić information content (AvgIpc) is 2.34. The Balaban J connectivity index is 1.94. The smallest absolute Gasteiger partial charge is 0.305 e. The first-order valence-corrected chi connectivity index (χ1v) is 5.82. The van der Waals surface area contributed by atoms with Crippen LogP contribution in [0.4, 0.5) is 5.69 Å². The third-order valence-electron chi connectivity index (χ3n) is 3.41. The Morgan fingerprint density at radius 3 is 2.82 bits per heavy atom. The summed E-state index contributed by atoms with van der Waals surface area (Å²) in [5.74, 6) is 0. The van der Waals surface area contributed by atoms with Gasteiger partial charge in [-0.15, -0.1) is 0 Å². The van der Waals surface area contributed by atoms with E-state index in [1.54, 1.807) is 6.20 Å². The highest BCUT2D eigenvalue weighted by Crippen LogP contribution is 2.37. The molecule has 0 radical (unpaired) electrons. The van der Waals surface area contributed by atoms with E-state index >= 15 is 0 Å². The Kier molecular flexibility index (Phi) is 2.22. The molecule has 0 atom stereocenters. The molecule has 2 aromatic rings. The molecule has 1 aliphatic carbocycles. The maximum atomic E-state index is 7.27. The van der Waals surface area contributed by atoms with Crippen LogP contribution in [0.5, 0.6) is 0 Å². The van der Waals surface area contributed by atoms with Gasteiger partial charge in [-0.3, -0.25) is 9.83 Å². The van der Waals surface area contributed by atoms with Crippen LogP contribution in [0.2, 0.25) is 0 Å². The Morgan fingerprint density at radius 1 is 1.24 bits per heavy atom. The molecule has 1 heterocycles. The summed E-state index contributed by atoms with van der Waals surface area (Å²) >= 11 is 0. The fraction of sp³-hybridized carbons (Fsp3) is 0.286. The summed E-state index contributed by atoms with van der Waals surface area (Å²) in [6.45, 7) is 7.27. The standard InChI is InChI=1S/C14H13N3/c1-15-14(6-2-7-14)17-13-4-3-12-10-16-8-5-11(12)9-13/h3-5,8-10,17H,2,6-7H2. The molecule has 1 aromatic carbocycles. The van der Waals surface area contributed by atoms with Gasteiger partial charge in [-0.2, -0.15) is 0 Å². The van der Waals surface area contributed by atoms with Gasteiger partial charge in [0, 0.05) is 36.3 Å². The van der Waals surface area contributed by atoms with Crippen LogP contribution in [0.3, 0.4) is 0 Å². The Labute approximate surface area is 100 Å². The zero-order valence-corrected chi connectivity index (χ0v) is 9.48. The monoisotopic (exact) mass is 223 g/mol. The highest BCUT2D eigenvalue weighted by Gasteiger charge is 2.43. The summed E-state index contributed by atoms with van der Waals surface area (Å²) in [6, 6.07) is 8.14. The van der Waals surface area contributed by atoms with Crippen LogP contribution in [-0.2, 0) is 0 Å². The van der Waals surface area contributed by atoms with Crippen molar-refractivity contribution in [3.05, 3.63) is 48.1 Å². The molecule has 3 rings (SSSR count). The van der Waals surface area contributed by atoms with Crippen molar-refractivity contribution in [2.24, 2.45) is 0 Å². The van der Waals surface area contributed by atoms with Crippen LogP contribution in [0, 0.1) is 6.57 Å². The molecule has 84 valence electrons. The lowest BCUT2D eigenvalue weighted by atomic mass is 9.85. The number of hydrogen-bond acceptors (Lipinski definition) is 2. The second-order valence-electron chi connectivity index (χ2n) is 4.56. The zero-order chi connectivity index (χ0) is 11.7. The van der Waals surface area contributed by atoms with E-state index in [-0.39, 0.29) is 5.66 Å². The molecule has 0 spiro atoms. The van der Waals surface area contributed by atoms with Gasteiger partial charge in [0.15, 0.2) is 0 Å². The fourth-order valence-electron chi connectivity index (χ4n) is 2.21. The number of pyridine rings is 1. The van der Waals surface area contributed by atoms with Gasteiger partial charge in [-0.25, -0.2) is 6.57 Å². The topological polar surface area (TPSA) is 29.3 Å². The number of hydrogen-bond donors (Lipinski definition) is 1. The first kappa shape index (κ1) is 10.1. The molecule has 0 saturated heterocycles. The molecule has 0 unspecified atom stereocenters. The van der Waals surface area contributed by atoms with Crippen LogP contribution < -0.4 is 5.32 Å². The van der Waals surface area contributed by atoms with E-state index in [4.69, 9.17) is 6.57 Å². The number of nitrogens with zero attached hydrogens (tertiary/aromatic N) is 2. The molecule has 17 heavy (non-hydrogen) atoms. The quantitative estimate of drug-likeness (QED) is 0.790. The van der Waals surface area contributed by atoms with Gasteiger partial charge >= 0.3 is 5.66 Å². The number of fused-ring (bicyclic) bond motifs is 1. The van der Waals surface area contributed by atoms with Crippen molar-refractivity contribution in [1.29, 1.82) is 0 Å². The second-order valence-corrected chi connectivity index (χ2v) is 4.56. The molecular weight excluding hydrogens is 210 g/mol. The lowest BCUT2D eigenvalue weighted by Crippen LogP contribution is -2.41. The van der Waals surface area contributed by atoms with E-state index in [0.29, 0.717) is 0 Å². The third kappa shape index (κ3) is 1.72. The molecule has 3 nitrogen and oxygen atoms in total. The molecule has 1 fully saturated rings. The van der Waals surface area contributed by atoms with Gasteiger partial charge < -0.3 is 5.32 Å². The van der Waals surface area contributed by atoms with Gasteiger partial charge in [-0.05, 0) is 30.0 Å². The Morgan fingerprint density at radius 2 is 2.12 bits per heavy atom. The first-order chi connectivity index (χ1) is 8.31. The number of benzene rings is 1. The molecule has 0 aliphatic heterocycles. The van der Waals surface area contributed by atoms with Crippen molar-refractivity contribution in [1.82, 2.24) is 4.98 Å². The van der Waals surface area contributed by atoms with Crippen LogP contribution in [0.1, 0.15) is 19.3 Å². The normalized spacial score (nSPS) is 17.1. The number of rotatable bonds is 2. The van der Waals surface area contributed by atoms with Crippen LogP contribution in [0.15, 0.2) is 36.7 Å². The summed E-state index contributed by atoms with van der Waals surface area (Å²) in [6.07, 6.45) is 6.69. The molecule has 0 amide bonds. The van der Waals surface area contributed by atoms with Crippen LogP contribution in [0.25, 0.3) is 15.6 Å². The minimum absolute atomic E-state index is 0.347. The SMILES string of the molecule is [C-]#[N+]C1(Nc2ccc3cnccc3c2)CCC1. The van der Waals surface area contributed by atoms with Crippen molar-refractivity contribution in [2.75, 3.05) is 5.32 Å². The Hall–Kier alpha value is -2.08. The highest BCUT2D eigenvalue weighted by molar-refractivity contribution is 5.84. The predicted octanol–water partition coefficient (Wildman–Crippen LogP) is 3.45. The molecule has 1 aliphatic rings. The molecule has 1 aromatic heterocycles. The number of nitrogens with one attached hydrogen (secondary N) is 1. The van der Waals surface area contributed by atoms with Gasteiger partial charge in [0.25, 0.3) is 0 Å². The highest BCUT2D eigenvalue weighted by atomic mass is 15.1. The van der Waals surface area contributed by atoms with Gasteiger partial charge in [0.2, 0.25) is 0 Å². The van der Waals surface area contributed by atoms with Crippen molar-refractivity contribution in [2.45, 2.75) is 24.9 Å². The largest absolute Gasteiger partial charge is 0.314 e. The van der Waals surface area contributed by atoms with E-state index < -0.39 is 0 Å². The molecule has 1 N–H and O–H groups in total. The predicted molar refractivity (Wildman–Crippen MR) is 68.5 cm³/mol. The zero-order valence-electron chi connectivity index (χ0n) is 9.48. The van der Waals surface area contributed by atoms with Gasteiger partial charge in [-0.1, -0.05) is 6.07 Å².